The van der Waals surface area contributed by atoms with Crippen molar-refractivity contribution < 1.29 is 33.2 Å². The summed E-state index contributed by atoms with van der Waals surface area (Å²) in [6.07, 6.45) is 13.2. The van der Waals surface area contributed by atoms with Gasteiger partial charge in [0.25, 0.3) is 0 Å². The van der Waals surface area contributed by atoms with Crippen molar-refractivity contribution in [1.82, 2.24) is 0 Å². The maximum Gasteiger partial charge on any atom is 0.161 e. The predicted molar refractivity (Wildman–Crippen MR) is 144 cm³/mol. The van der Waals surface area contributed by atoms with Gasteiger partial charge in [-0.3, -0.25) is 0 Å². The molecule has 7 heteroatoms. The smallest absolute Gasteiger partial charge is 0.161 e. The minimum Gasteiger partial charge on any atom is -0.373 e. The van der Waals surface area contributed by atoms with E-state index in [1.807, 2.05) is 18.2 Å². The number of ether oxygens (including phenoxy) is 7. The standard InChI is InChI=1S/C31H48O7/c1-2-3-4-5-6-7-8-9-10-14-17-32-26-21-35-31-27(22-36-30(26)31)37-28-18-24-29(38-28)25(20-34-24)33-19-23-15-12-11-13-16-23/h11-13,15-16,24-31H,2-10,14,17-22H2,1H3/t24-,25-,26-,27+,28-,29+,30-,31-/m1/s1. The average Bonchev–Trinajstić information content (AvgIpc) is 3.71. The van der Waals surface area contributed by atoms with Gasteiger partial charge in [0.05, 0.1) is 32.5 Å². The fourth-order valence-electron chi connectivity index (χ4n) is 6.16. The zero-order valence-electron chi connectivity index (χ0n) is 23.2. The maximum absolute atomic E-state index is 6.33. The first kappa shape index (κ1) is 28.5. The highest BCUT2D eigenvalue weighted by Crippen LogP contribution is 2.37. The second-order valence-electron chi connectivity index (χ2n) is 11.3. The lowest BCUT2D eigenvalue weighted by Gasteiger charge is -2.23. The van der Waals surface area contributed by atoms with Crippen molar-refractivity contribution >= 4 is 0 Å². The summed E-state index contributed by atoms with van der Waals surface area (Å²) in [6, 6.07) is 10.2. The van der Waals surface area contributed by atoms with E-state index in [9.17, 15) is 0 Å². The van der Waals surface area contributed by atoms with Crippen LogP contribution in [0.15, 0.2) is 30.3 Å². The minimum atomic E-state index is -0.323. The van der Waals surface area contributed by atoms with Crippen LogP contribution >= 0.6 is 0 Å². The quantitative estimate of drug-likeness (QED) is 0.243. The Kier molecular flexibility index (Phi) is 11.3. The molecule has 0 saturated carbocycles. The van der Waals surface area contributed by atoms with E-state index in [1.54, 1.807) is 0 Å². The third-order valence-corrected chi connectivity index (χ3v) is 8.37. The van der Waals surface area contributed by atoms with Gasteiger partial charge in [0.2, 0.25) is 0 Å². The highest BCUT2D eigenvalue weighted by atomic mass is 16.7. The van der Waals surface area contributed by atoms with Gasteiger partial charge >= 0.3 is 0 Å². The van der Waals surface area contributed by atoms with E-state index in [-0.39, 0.29) is 49.0 Å². The van der Waals surface area contributed by atoms with Crippen molar-refractivity contribution in [2.45, 2.75) is 133 Å². The number of fused-ring (bicyclic) bond motifs is 2. The second kappa shape index (κ2) is 15.1. The minimum absolute atomic E-state index is 0.00450. The van der Waals surface area contributed by atoms with Crippen molar-refractivity contribution in [3.8, 4) is 0 Å². The number of hydrogen-bond acceptors (Lipinski definition) is 7. The Labute approximate surface area is 228 Å². The molecule has 0 unspecified atom stereocenters. The Bertz CT molecular complexity index is 792. The first-order valence-electron chi connectivity index (χ1n) is 15.2. The Morgan fingerprint density at radius 2 is 1.32 bits per heavy atom. The van der Waals surface area contributed by atoms with E-state index in [2.05, 4.69) is 19.1 Å². The maximum atomic E-state index is 6.33. The fraction of sp³-hybridized carbons (Fsp3) is 0.806. The SMILES string of the molecule is CCCCCCCCCCCCO[C@@H]1CO[C@H]2[C@@H]1OC[C@@H]2O[C@H]1C[C@H]2OC[C@@H](OCc3ccccc3)[C@H]2O1. The number of hydrogen-bond donors (Lipinski definition) is 0. The molecule has 0 bridgehead atoms. The van der Waals surface area contributed by atoms with E-state index in [0.717, 1.165) is 18.6 Å². The fourth-order valence-corrected chi connectivity index (χ4v) is 6.16. The van der Waals surface area contributed by atoms with Crippen LogP contribution in [-0.2, 0) is 39.8 Å². The molecule has 8 atom stereocenters. The Balaban J connectivity index is 0.945. The number of benzene rings is 1. The zero-order chi connectivity index (χ0) is 26.0. The predicted octanol–water partition coefficient (Wildman–Crippen LogP) is 5.57. The van der Waals surface area contributed by atoms with E-state index in [1.165, 1.54) is 57.8 Å². The summed E-state index contributed by atoms with van der Waals surface area (Å²) >= 11 is 0. The first-order valence-corrected chi connectivity index (χ1v) is 15.2. The highest BCUT2D eigenvalue weighted by Gasteiger charge is 2.52. The summed E-state index contributed by atoms with van der Waals surface area (Å²) in [5.41, 5.74) is 1.15. The average molecular weight is 533 g/mol. The first-order chi connectivity index (χ1) is 18.8. The largest absolute Gasteiger partial charge is 0.373 e. The van der Waals surface area contributed by atoms with Gasteiger partial charge in [-0.05, 0) is 12.0 Å². The molecule has 0 N–H and O–H groups in total. The van der Waals surface area contributed by atoms with Crippen LogP contribution < -0.4 is 0 Å². The number of unbranched alkanes of at least 4 members (excludes halogenated alkanes) is 9. The normalized spacial score (nSPS) is 34.1. The molecule has 0 aromatic heterocycles. The van der Waals surface area contributed by atoms with Crippen molar-refractivity contribution in [3.05, 3.63) is 35.9 Å². The van der Waals surface area contributed by atoms with Gasteiger partial charge in [0, 0.05) is 13.0 Å². The van der Waals surface area contributed by atoms with Crippen molar-refractivity contribution in [1.29, 1.82) is 0 Å². The van der Waals surface area contributed by atoms with Gasteiger partial charge in [-0.25, -0.2) is 0 Å². The second-order valence-corrected chi connectivity index (χ2v) is 11.3. The van der Waals surface area contributed by atoms with Crippen LogP contribution in [0.3, 0.4) is 0 Å². The van der Waals surface area contributed by atoms with Crippen molar-refractivity contribution in [2.75, 3.05) is 26.4 Å². The molecule has 4 saturated heterocycles. The molecule has 4 heterocycles. The van der Waals surface area contributed by atoms with Crippen molar-refractivity contribution in [2.24, 2.45) is 0 Å². The van der Waals surface area contributed by atoms with Gasteiger partial charge in [0.15, 0.2) is 6.29 Å². The highest BCUT2D eigenvalue weighted by molar-refractivity contribution is 5.13. The molecule has 7 nitrogen and oxygen atoms in total. The van der Waals surface area contributed by atoms with Crippen LogP contribution in [0, 0.1) is 0 Å². The molecule has 4 aliphatic heterocycles. The Morgan fingerprint density at radius 1 is 0.684 bits per heavy atom. The Morgan fingerprint density at radius 3 is 2.08 bits per heavy atom. The zero-order valence-corrected chi connectivity index (χ0v) is 23.2. The lowest BCUT2D eigenvalue weighted by Crippen LogP contribution is -2.37. The molecule has 4 fully saturated rings. The van der Waals surface area contributed by atoms with E-state index >= 15 is 0 Å². The van der Waals surface area contributed by atoms with Crippen LogP contribution in [0.5, 0.6) is 0 Å². The summed E-state index contributed by atoms with van der Waals surface area (Å²) in [7, 11) is 0. The molecular weight excluding hydrogens is 484 g/mol. The molecule has 214 valence electrons. The molecular formula is C31H48O7. The third-order valence-electron chi connectivity index (χ3n) is 8.37. The van der Waals surface area contributed by atoms with E-state index in [0.29, 0.717) is 32.8 Å². The van der Waals surface area contributed by atoms with Crippen LogP contribution in [0.25, 0.3) is 0 Å². The molecule has 0 spiro atoms. The van der Waals surface area contributed by atoms with Crippen LogP contribution in [0.1, 0.15) is 83.1 Å². The van der Waals surface area contributed by atoms with Crippen molar-refractivity contribution in [3.63, 3.8) is 0 Å². The lowest BCUT2D eigenvalue weighted by molar-refractivity contribution is -0.194. The summed E-state index contributed by atoms with van der Waals surface area (Å²) in [5.74, 6) is 0. The molecule has 5 rings (SSSR count). The lowest BCUT2D eigenvalue weighted by atomic mass is 10.1. The van der Waals surface area contributed by atoms with Gasteiger partial charge in [-0.15, -0.1) is 0 Å². The monoisotopic (exact) mass is 532 g/mol. The van der Waals surface area contributed by atoms with Crippen LogP contribution in [0.4, 0.5) is 0 Å². The number of rotatable bonds is 17. The summed E-state index contributed by atoms with van der Waals surface area (Å²) < 4.78 is 43.0. The summed E-state index contributed by atoms with van der Waals surface area (Å²) in [6.45, 7) is 5.25. The van der Waals surface area contributed by atoms with E-state index < -0.39 is 0 Å². The summed E-state index contributed by atoms with van der Waals surface area (Å²) in [4.78, 5) is 0. The van der Waals surface area contributed by atoms with Gasteiger partial charge < -0.3 is 33.2 Å². The van der Waals surface area contributed by atoms with Crippen LogP contribution in [-0.4, -0.2) is 75.4 Å². The molecule has 0 radical (unpaired) electrons. The van der Waals surface area contributed by atoms with Gasteiger partial charge in [-0.2, -0.15) is 0 Å². The van der Waals surface area contributed by atoms with Gasteiger partial charge in [0.1, 0.15) is 36.6 Å². The molecule has 1 aromatic carbocycles. The third kappa shape index (κ3) is 7.78. The van der Waals surface area contributed by atoms with Gasteiger partial charge in [-0.1, -0.05) is 95.0 Å². The molecule has 0 aliphatic carbocycles. The Hall–Kier alpha value is -1.06. The molecule has 38 heavy (non-hydrogen) atoms. The summed E-state index contributed by atoms with van der Waals surface area (Å²) in [5, 5.41) is 0. The molecule has 4 aliphatic rings. The van der Waals surface area contributed by atoms with Crippen LogP contribution in [0.2, 0.25) is 0 Å². The topological polar surface area (TPSA) is 64.6 Å². The molecule has 0 amide bonds. The molecule has 1 aromatic rings. The van der Waals surface area contributed by atoms with E-state index in [4.69, 9.17) is 33.2 Å².